The molecule has 2 rings (SSSR count). The zero-order valence-corrected chi connectivity index (χ0v) is 8.97. The summed E-state index contributed by atoms with van der Waals surface area (Å²) in [5.41, 5.74) is 2.04. The lowest BCUT2D eigenvalue weighted by atomic mass is 10.2. The number of hydrogen-bond donors (Lipinski definition) is 1. The van der Waals surface area contributed by atoms with E-state index in [9.17, 15) is 4.79 Å². The van der Waals surface area contributed by atoms with Gasteiger partial charge in [-0.05, 0) is 31.2 Å². The molecule has 0 unspecified atom stereocenters. The predicted molar refractivity (Wildman–Crippen MR) is 63.4 cm³/mol. The Hall–Kier alpha value is -2.16. The first kappa shape index (κ1) is 10.4. The van der Waals surface area contributed by atoms with Gasteiger partial charge in [0.05, 0.1) is 0 Å². The molecular weight excluding hydrogens is 200 g/mol. The van der Waals surface area contributed by atoms with Gasteiger partial charge in [0.15, 0.2) is 0 Å². The molecule has 0 bridgehead atoms. The highest BCUT2D eigenvalue weighted by atomic mass is 16.1. The predicted octanol–water partition coefficient (Wildman–Crippen LogP) is 2.64. The van der Waals surface area contributed by atoms with Gasteiger partial charge in [0.1, 0.15) is 5.69 Å². The van der Waals surface area contributed by atoms with Gasteiger partial charge in [0.25, 0.3) is 5.91 Å². The quantitative estimate of drug-likeness (QED) is 0.831. The zero-order valence-electron chi connectivity index (χ0n) is 8.97. The Morgan fingerprint density at radius 2 is 1.81 bits per heavy atom. The van der Waals surface area contributed by atoms with Gasteiger partial charge < -0.3 is 5.32 Å². The van der Waals surface area contributed by atoms with Crippen LogP contribution in [0.3, 0.4) is 0 Å². The molecule has 3 heteroatoms. The monoisotopic (exact) mass is 212 g/mol. The number of aryl methyl sites for hydroxylation is 1. The average Bonchev–Trinajstić information content (AvgIpc) is 2.30. The number of anilines is 1. The summed E-state index contributed by atoms with van der Waals surface area (Å²) in [6, 6.07) is 14.7. The van der Waals surface area contributed by atoms with Gasteiger partial charge in [-0.25, -0.2) is 4.98 Å². The van der Waals surface area contributed by atoms with Crippen LogP contribution in [0, 0.1) is 6.92 Å². The molecule has 1 N–H and O–H groups in total. The van der Waals surface area contributed by atoms with Gasteiger partial charge >= 0.3 is 0 Å². The molecule has 0 atom stereocenters. The van der Waals surface area contributed by atoms with E-state index in [1.807, 2.05) is 49.4 Å². The molecule has 1 aromatic heterocycles. The van der Waals surface area contributed by atoms with Crippen molar-refractivity contribution in [3.05, 3.63) is 59.9 Å². The summed E-state index contributed by atoms with van der Waals surface area (Å²) < 4.78 is 0. The third-order valence-corrected chi connectivity index (χ3v) is 2.15. The summed E-state index contributed by atoms with van der Waals surface area (Å²) in [4.78, 5) is 15.9. The number of pyridine rings is 1. The second kappa shape index (κ2) is 4.57. The highest BCUT2D eigenvalue weighted by Gasteiger charge is 2.06. The molecule has 0 fully saturated rings. The minimum Gasteiger partial charge on any atom is -0.321 e. The van der Waals surface area contributed by atoms with E-state index in [1.54, 1.807) is 6.07 Å². The minimum absolute atomic E-state index is 0.185. The number of amides is 1. The molecule has 3 nitrogen and oxygen atoms in total. The number of nitrogens with one attached hydrogen (secondary N) is 1. The molecule has 1 heterocycles. The van der Waals surface area contributed by atoms with Crippen molar-refractivity contribution in [1.29, 1.82) is 0 Å². The fraction of sp³-hybridized carbons (Fsp3) is 0.0769. The number of benzene rings is 1. The molecule has 16 heavy (non-hydrogen) atoms. The SMILES string of the molecule is Cc1cccc(C(=O)Nc2ccccc2)n1. The van der Waals surface area contributed by atoms with Crippen LogP contribution >= 0.6 is 0 Å². The first-order chi connectivity index (χ1) is 7.75. The Bertz CT molecular complexity index is 494. The number of aromatic nitrogens is 1. The van der Waals surface area contributed by atoms with Crippen molar-refractivity contribution in [2.75, 3.05) is 5.32 Å². The maximum Gasteiger partial charge on any atom is 0.274 e. The minimum atomic E-state index is -0.185. The van der Waals surface area contributed by atoms with Crippen molar-refractivity contribution in [2.24, 2.45) is 0 Å². The molecule has 0 aliphatic carbocycles. The zero-order chi connectivity index (χ0) is 11.4. The van der Waals surface area contributed by atoms with Crippen LogP contribution in [0.1, 0.15) is 16.2 Å². The van der Waals surface area contributed by atoms with Crippen molar-refractivity contribution in [3.8, 4) is 0 Å². The highest BCUT2D eigenvalue weighted by Crippen LogP contribution is 2.07. The molecular formula is C13H12N2O. The summed E-state index contributed by atoms with van der Waals surface area (Å²) >= 11 is 0. The van der Waals surface area contributed by atoms with Gasteiger partial charge in [-0.3, -0.25) is 4.79 Å². The van der Waals surface area contributed by atoms with E-state index in [2.05, 4.69) is 10.3 Å². The second-order valence-corrected chi connectivity index (χ2v) is 3.48. The van der Waals surface area contributed by atoms with Crippen LogP contribution in [0.25, 0.3) is 0 Å². The molecule has 1 aromatic carbocycles. The third kappa shape index (κ3) is 2.45. The Morgan fingerprint density at radius 3 is 2.50 bits per heavy atom. The fourth-order valence-electron chi connectivity index (χ4n) is 1.39. The van der Waals surface area contributed by atoms with Crippen molar-refractivity contribution in [1.82, 2.24) is 4.98 Å². The molecule has 80 valence electrons. The highest BCUT2D eigenvalue weighted by molar-refractivity contribution is 6.02. The summed E-state index contributed by atoms with van der Waals surface area (Å²) in [6.07, 6.45) is 0. The summed E-state index contributed by atoms with van der Waals surface area (Å²) in [6.45, 7) is 1.86. The fourth-order valence-corrected chi connectivity index (χ4v) is 1.39. The first-order valence-corrected chi connectivity index (χ1v) is 5.06. The summed E-state index contributed by atoms with van der Waals surface area (Å²) in [7, 11) is 0. The average molecular weight is 212 g/mol. The molecule has 0 saturated heterocycles. The van der Waals surface area contributed by atoms with Gasteiger partial charge in [-0.2, -0.15) is 0 Å². The maximum absolute atomic E-state index is 11.8. The summed E-state index contributed by atoms with van der Waals surface area (Å²) in [5, 5.41) is 2.78. The van der Waals surface area contributed by atoms with Crippen LogP contribution in [0.2, 0.25) is 0 Å². The van der Waals surface area contributed by atoms with Crippen molar-refractivity contribution in [3.63, 3.8) is 0 Å². The van der Waals surface area contributed by atoms with Gasteiger partial charge in [-0.1, -0.05) is 24.3 Å². The molecule has 0 spiro atoms. The number of carbonyl (C=O) groups is 1. The second-order valence-electron chi connectivity index (χ2n) is 3.48. The Labute approximate surface area is 94.1 Å². The largest absolute Gasteiger partial charge is 0.321 e. The van der Waals surface area contributed by atoms with E-state index in [1.165, 1.54) is 0 Å². The van der Waals surface area contributed by atoms with Gasteiger partial charge in [0.2, 0.25) is 0 Å². The molecule has 0 radical (unpaired) electrons. The van der Waals surface area contributed by atoms with Crippen molar-refractivity contribution in [2.45, 2.75) is 6.92 Å². The van der Waals surface area contributed by atoms with Crippen LogP contribution in [0.15, 0.2) is 48.5 Å². The number of hydrogen-bond acceptors (Lipinski definition) is 2. The van der Waals surface area contributed by atoms with Crippen LogP contribution in [0.5, 0.6) is 0 Å². The summed E-state index contributed by atoms with van der Waals surface area (Å²) in [5.74, 6) is -0.185. The lowest BCUT2D eigenvalue weighted by Crippen LogP contribution is -2.13. The number of rotatable bonds is 2. The maximum atomic E-state index is 11.8. The molecule has 2 aromatic rings. The van der Waals surface area contributed by atoms with E-state index >= 15 is 0 Å². The lowest BCUT2D eigenvalue weighted by Gasteiger charge is -2.04. The Balaban J connectivity index is 2.15. The van der Waals surface area contributed by atoms with E-state index < -0.39 is 0 Å². The van der Waals surface area contributed by atoms with Crippen molar-refractivity contribution < 1.29 is 4.79 Å². The smallest absolute Gasteiger partial charge is 0.274 e. The third-order valence-electron chi connectivity index (χ3n) is 2.15. The molecule has 1 amide bonds. The van der Waals surface area contributed by atoms with E-state index in [-0.39, 0.29) is 5.91 Å². The van der Waals surface area contributed by atoms with Gasteiger partial charge in [0, 0.05) is 11.4 Å². The van der Waals surface area contributed by atoms with E-state index in [4.69, 9.17) is 0 Å². The number of para-hydroxylation sites is 1. The van der Waals surface area contributed by atoms with Crippen molar-refractivity contribution >= 4 is 11.6 Å². The topological polar surface area (TPSA) is 42.0 Å². The first-order valence-electron chi connectivity index (χ1n) is 5.06. The standard InChI is InChI=1S/C13H12N2O/c1-10-6-5-9-12(14-10)13(16)15-11-7-3-2-4-8-11/h2-9H,1H3,(H,15,16). The molecule has 0 aliphatic heterocycles. The van der Waals surface area contributed by atoms with Crippen LogP contribution < -0.4 is 5.32 Å². The van der Waals surface area contributed by atoms with E-state index in [0.29, 0.717) is 5.69 Å². The molecule has 0 saturated carbocycles. The van der Waals surface area contributed by atoms with Gasteiger partial charge in [-0.15, -0.1) is 0 Å². The Morgan fingerprint density at radius 1 is 1.06 bits per heavy atom. The number of carbonyl (C=O) groups excluding carboxylic acids is 1. The molecule has 0 aliphatic rings. The van der Waals surface area contributed by atoms with Crippen LogP contribution in [-0.4, -0.2) is 10.9 Å². The normalized spacial score (nSPS) is 9.81. The number of nitrogens with zero attached hydrogens (tertiary/aromatic N) is 1. The van der Waals surface area contributed by atoms with Crippen LogP contribution in [0.4, 0.5) is 5.69 Å². The van der Waals surface area contributed by atoms with E-state index in [0.717, 1.165) is 11.4 Å². The Kier molecular flexibility index (Phi) is 2.96. The lowest BCUT2D eigenvalue weighted by molar-refractivity contribution is 0.102. The van der Waals surface area contributed by atoms with Crippen LogP contribution in [-0.2, 0) is 0 Å².